The van der Waals surface area contributed by atoms with Gasteiger partial charge in [0.2, 0.25) is 0 Å². The predicted molar refractivity (Wildman–Crippen MR) is 60.8 cm³/mol. The van der Waals surface area contributed by atoms with Crippen molar-refractivity contribution in [2.24, 2.45) is 5.73 Å². The lowest BCUT2D eigenvalue weighted by atomic mass is 10.0. The minimum atomic E-state index is -0.597. The maximum atomic E-state index is 11.5. The molecule has 1 unspecified atom stereocenters. The highest BCUT2D eigenvalue weighted by Gasteiger charge is 2.15. The van der Waals surface area contributed by atoms with Crippen molar-refractivity contribution in [3.05, 3.63) is 34.3 Å². The molecular formula is C11H12ClNO3. The molecule has 1 atom stereocenters. The number of carbonyl (C=O) groups is 2. The number of Topliss-reactive ketones (excluding diaryl/α,β-unsaturated/α-hetero) is 1. The van der Waals surface area contributed by atoms with Crippen LogP contribution in [0, 0.1) is 0 Å². The third-order valence-electron chi connectivity index (χ3n) is 2.07. The summed E-state index contributed by atoms with van der Waals surface area (Å²) < 4.78 is 4.53. The van der Waals surface area contributed by atoms with Crippen LogP contribution < -0.4 is 5.73 Å². The Kier molecular flexibility index (Phi) is 4.04. The van der Waals surface area contributed by atoms with E-state index in [0.29, 0.717) is 5.56 Å². The van der Waals surface area contributed by atoms with E-state index in [1.54, 1.807) is 6.92 Å². The second-order valence-corrected chi connectivity index (χ2v) is 3.75. The first kappa shape index (κ1) is 12.7. The van der Waals surface area contributed by atoms with E-state index in [-0.39, 0.29) is 16.4 Å². The Balaban J connectivity index is 3.09. The predicted octanol–water partition coefficient (Wildman–Crippen LogP) is 1.66. The van der Waals surface area contributed by atoms with Crippen LogP contribution in [0.15, 0.2) is 18.2 Å². The van der Waals surface area contributed by atoms with E-state index in [1.807, 2.05) is 0 Å². The Morgan fingerprint density at radius 3 is 2.50 bits per heavy atom. The largest absolute Gasteiger partial charge is 0.465 e. The van der Waals surface area contributed by atoms with Crippen molar-refractivity contribution in [2.45, 2.75) is 13.0 Å². The average Bonchev–Trinajstić information content (AvgIpc) is 2.26. The Labute approximate surface area is 98.3 Å². The lowest BCUT2D eigenvalue weighted by Gasteiger charge is -2.07. The van der Waals surface area contributed by atoms with Gasteiger partial charge in [0.05, 0.1) is 23.7 Å². The van der Waals surface area contributed by atoms with Crippen LogP contribution in [0.1, 0.15) is 27.6 Å². The molecule has 0 heterocycles. The van der Waals surface area contributed by atoms with Crippen molar-refractivity contribution >= 4 is 23.4 Å². The third kappa shape index (κ3) is 2.59. The normalized spacial score (nSPS) is 12.0. The second-order valence-electron chi connectivity index (χ2n) is 3.34. The molecular weight excluding hydrogens is 230 g/mol. The number of hydrogen-bond acceptors (Lipinski definition) is 4. The number of benzene rings is 1. The molecule has 0 saturated carbocycles. The van der Waals surface area contributed by atoms with E-state index in [4.69, 9.17) is 17.3 Å². The molecule has 1 aromatic carbocycles. The van der Waals surface area contributed by atoms with Gasteiger partial charge in [0.15, 0.2) is 5.78 Å². The van der Waals surface area contributed by atoms with Gasteiger partial charge in [0, 0.05) is 5.56 Å². The SMILES string of the molecule is COC(=O)c1ccc(C(=O)C(C)N)cc1Cl. The van der Waals surface area contributed by atoms with Crippen LogP contribution in [-0.2, 0) is 4.74 Å². The molecule has 0 aliphatic carbocycles. The molecule has 16 heavy (non-hydrogen) atoms. The molecule has 0 aliphatic heterocycles. The second kappa shape index (κ2) is 5.09. The highest BCUT2D eigenvalue weighted by Crippen LogP contribution is 2.19. The van der Waals surface area contributed by atoms with Gasteiger partial charge >= 0.3 is 5.97 Å². The van der Waals surface area contributed by atoms with Crippen molar-refractivity contribution in [1.82, 2.24) is 0 Å². The molecule has 0 spiro atoms. The number of carbonyl (C=O) groups excluding carboxylic acids is 2. The zero-order valence-corrected chi connectivity index (χ0v) is 9.75. The quantitative estimate of drug-likeness (QED) is 0.645. The highest BCUT2D eigenvalue weighted by atomic mass is 35.5. The van der Waals surface area contributed by atoms with E-state index in [1.165, 1.54) is 25.3 Å². The topological polar surface area (TPSA) is 69.4 Å². The Morgan fingerprint density at radius 2 is 2.06 bits per heavy atom. The molecule has 0 radical (unpaired) electrons. The van der Waals surface area contributed by atoms with Crippen LogP contribution in [-0.4, -0.2) is 24.9 Å². The maximum Gasteiger partial charge on any atom is 0.339 e. The minimum absolute atomic E-state index is 0.179. The van der Waals surface area contributed by atoms with Crippen molar-refractivity contribution in [3.63, 3.8) is 0 Å². The smallest absolute Gasteiger partial charge is 0.339 e. The van der Waals surface area contributed by atoms with E-state index >= 15 is 0 Å². The Morgan fingerprint density at radius 1 is 1.44 bits per heavy atom. The van der Waals surface area contributed by atoms with Crippen LogP contribution >= 0.6 is 11.6 Å². The van der Waals surface area contributed by atoms with Crippen molar-refractivity contribution < 1.29 is 14.3 Å². The van der Waals surface area contributed by atoms with E-state index in [9.17, 15) is 9.59 Å². The minimum Gasteiger partial charge on any atom is -0.465 e. The number of ketones is 1. The van der Waals surface area contributed by atoms with E-state index in [0.717, 1.165) is 0 Å². The number of ether oxygens (including phenoxy) is 1. The Hall–Kier alpha value is -1.39. The molecule has 0 saturated heterocycles. The third-order valence-corrected chi connectivity index (χ3v) is 2.39. The molecule has 1 aromatic rings. The lowest BCUT2D eigenvalue weighted by Crippen LogP contribution is -2.26. The van der Waals surface area contributed by atoms with Gasteiger partial charge in [-0.3, -0.25) is 4.79 Å². The van der Waals surface area contributed by atoms with Gasteiger partial charge in [-0.25, -0.2) is 4.79 Å². The molecule has 0 bridgehead atoms. The van der Waals surface area contributed by atoms with Crippen LogP contribution in [0.3, 0.4) is 0 Å². The zero-order chi connectivity index (χ0) is 12.3. The number of methoxy groups -OCH3 is 1. The first-order chi connectivity index (χ1) is 7.47. The number of rotatable bonds is 3. The molecule has 0 fully saturated rings. The van der Waals surface area contributed by atoms with Crippen molar-refractivity contribution in [2.75, 3.05) is 7.11 Å². The number of hydrogen-bond donors (Lipinski definition) is 1. The lowest BCUT2D eigenvalue weighted by molar-refractivity contribution is 0.0600. The highest BCUT2D eigenvalue weighted by molar-refractivity contribution is 6.34. The van der Waals surface area contributed by atoms with Gasteiger partial charge in [0.1, 0.15) is 0 Å². The molecule has 2 N–H and O–H groups in total. The molecule has 0 amide bonds. The summed E-state index contributed by atoms with van der Waals surface area (Å²) in [4.78, 5) is 22.8. The fourth-order valence-corrected chi connectivity index (χ4v) is 1.46. The molecule has 86 valence electrons. The molecule has 4 nitrogen and oxygen atoms in total. The number of halogens is 1. The summed E-state index contributed by atoms with van der Waals surface area (Å²) in [6.07, 6.45) is 0. The monoisotopic (exact) mass is 241 g/mol. The first-order valence-corrected chi connectivity index (χ1v) is 5.02. The van der Waals surface area contributed by atoms with Crippen molar-refractivity contribution in [3.8, 4) is 0 Å². The zero-order valence-electron chi connectivity index (χ0n) is 8.99. The van der Waals surface area contributed by atoms with Gasteiger partial charge < -0.3 is 10.5 Å². The molecule has 5 heteroatoms. The van der Waals surface area contributed by atoms with Gasteiger partial charge in [-0.1, -0.05) is 17.7 Å². The van der Waals surface area contributed by atoms with Crippen LogP contribution in [0.2, 0.25) is 5.02 Å². The van der Waals surface area contributed by atoms with Crippen LogP contribution in [0.25, 0.3) is 0 Å². The summed E-state index contributed by atoms with van der Waals surface area (Å²) >= 11 is 5.86. The van der Waals surface area contributed by atoms with Gasteiger partial charge in [-0.15, -0.1) is 0 Å². The van der Waals surface area contributed by atoms with E-state index < -0.39 is 12.0 Å². The van der Waals surface area contributed by atoms with Crippen LogP contribution in [0.5, 0.6) is 0 Å². The maximum absolute atomic E-state index is 11.5. The summed E-state index contributed by atoms with van der Waals surface area (Å²) in [5.41, 5.74) is 6.07. The summed E-state index contributed by atoms with van der Waals surface area (Å²) in [5.74, 6) is -0.761. The fraction of sp³-hybridized carbons (Fsp3) is 0.273. The number of esters is 1. The molecule has 0 aromatic heterocycles. The summed E-state index contributed by atoms with van der Waals surface area (Å²) in [5, 5.41) is 0.179. The Bertz CT molecular complexity index is 429. The molecule has 0 aliphatic rings. The van der Waals surface area contributed by atoms with Gasteiger partial charge in [-0.05, 0) is 19.1 Å². The van der Waals surface area contributed by atoms with Crippen LogP contribution in [0.4, 0.5) is 0 Å². The standard InChI is InChI=1S/C11H12ClNO3/c1-6(13)10(14)7-3-4-8(9(12)5-7)11(15)16-2/h3-6H,13H2,1-2H3. The summed E-state index contributed by atoms with van der Waals surface area (Å²) in [7, 11) is 1.26. The van der Waals surface area contributed by atoms with Crippen molar-refractivity contribution in [1.29, 1.82) is 0 Å². The number of nitrogens with two attached hydrogens (primary N) is 1. The summed E-state index contributed by atoms with van der Waals surface area (Å²) in [6, 6.07) is 3.77. The summed E-state index contributed by atoms with van der Waals surface area (Å²) in [6.45, 7) is 1.59. The average molecular weight is 242 g/mol. The molecule has 1 rings (SSSR count). The van der Waals surface area contributed by atoms with E-state index in [2.05, 4.69) is 4.74 Å². The first-order valence-electron chi connectivity index (χ1n) is 4.65. The fourth-order valence-electron chi connectivity index (χ4n) is 1.21. The van der Waals surface area contributed by atoms with Gasteiger partial charge in [0.25, 0.3) is 0 Å². The van der Waals surface area contributed by atoms with Gasteiger partial charge in [-0.2, -0.15) is 0 Å².